The van der Waals surface area contributed by atoms with Crippen LogP contribution in [-0.4, -0.2) is 22.4 Å². The molecule has 1 heterocycles. The van der Waals surface area contributed by atoms with Crippen LogP contribution in [0, 0.1) is 0 Å². The highest BCUT2D eigenvalue weighted by molar-refractivity contribution is 7.98. The first kappa shape index (κ1) is 12.5. The van der Waals surface area contributed by atoms with Gasteiger partial charge in [0.25, 0.3) is 0 Å². The third-order valence-electron chi connectivity index (χ3n) is 1.59. The zero-order chi connectivity index (χ0) is 11.5. The fraction of sp³-hybridized carbons (Fsp3) is 0.500. The number of carbonyl (C=O) groups is 1. The first-order valence-electron chi connectivity index (χ1n) is 4.57. The van der Waals surface area contributed by atoms with Crippen molar-refractivity contribution in [1.29, 1.82) is 0 Å². The van der Waals surface area contributed by atoms with E-state index in [-0.39, 0.29) is 5.54 Å². The van der Waals surface area contributed by atoms with Gasteiger partial charge in [-0.15, -0.1) is 11.3 Å². The lowest BCUT2D eigenvalue weighted by atomic mass is 10.1. The highest BCUT2D eigenvalue weighted by Crippen LogP contribution is 2.23. The summed E-state index contributed by atoms with van der Waals surface area (Å²) in [4.78, 5) is 12.1. The van der Waals surface area contributed by atoms with Gasteiger partial charge in [-0.25, -0.2) is 4.79 Å². The van der Waals surface area contributed by atoms with Gasteiger partial charge in [-0.3, -0.25) is 0 Å². The summed E-state index contributed by atoms with van der Waals surface area (Å²) in [5.74, 6) is 0.849. The summed E-state index contributed by atoms with van der Waals surface area (Å²) in [7, 11) is 0. The van der Waals surface area contributed by atoms with Gasteiger partial charge in [0.1, 0.15) is 4.88 Å². The van der Waals surface area contributed by atoms with E-state index in [1.807, 2.05) is 19.9 Å². The molecule has 0 saturated heterocycles. The van der Waals surface area contributed by atoms with Crippen molar-refractivity contribution in [3.8, 4) is 0 Å². The summed E-state index contributed by atoms with van der Waals surface area (Å²) in [6.45, 7) is 3.97. The van der Waals surface area contributed by atoms with Gasteiger partial charge in [-0.1, -0.05) is 0 Å². The van der Waals surface area contributed by atoms with Crippen LogP contribution in [-0.2, 0) is 5.75 Å². The molecule has 84 valence electrons. The molecule has 3 nitrogen and oxygen atoms in total. The Bertz CT molecular complexity index is 341. The first-order valence-corrected chi connectivity index (χ1v) is 6.54. The van der Waals surface area contributed by atoms with Crippen LogP contribution in [0.4, 0.5) is 0 Å². The van der Waals surface area contributed by atoms with E-state index >= 15 is 0 Å². The smallest absolute Gasteiger partial charge is 0.345 e. The zero-order valence-electron chi connectivity index (χ0n) is 8.82. The minimum atomic E-state index is -0.851. The average Bonchev–Trinajstić information content (AvgIpc) is 2.50. The molecule has 5 heteroatoms. The average molecular weight is 245 g/mol. The predicted octanol–water partition coefficient (Wildman–Crippen LogP) is 2.42. The van der Waals surface area contributed by atoms with Crippen molar-refractivity contribution in [3.05, 3.63) is 21.9 Å². The summed E-state index contributed by atoms with van der Waals surface area (Å²) >= 11 is 3.06. The van der Waals surface area contributed by atoms with Gasteiger partial charge in [-0.2, -0.15) is 11.8 Å². The second kappa shape index (κ2) is 5.01. The Labute approximate surface area is 97.7 Å². The molecule has 0 fully saturated rings. The molecule has 0 amide bonds. The molecule has 1 aromatic heterocycles. The Morgan fingerprint density at radius 2 is 2.27 bits per heavy atom. The molecule has 0 aromatic carbocycles. The lowest BCUT2D eigenvalue weighted by molar-refractivity contribution is 0.0702. The number of carboxylic acid groups (broad SMARTS) is 1. The molecule has 0 aliphatic carbocycles. The minimum Gasteiger partial charge on any atom is -0.477 e. The van der Waals surface area contributed by atoms with Gasteiger partial charge in [0.2, 0.25) is 0 Å². The lowest BCUT2D eigenvalue weighted by Gasteiger charge is -2.16. The fourth-order valence-electron chi connectivity index (χ4n) is 0.985. The minimum absolute atomic E-state index is 0.169. The second-order valence-electron chi connectivity index (χ2n) is 4.05. The molecule has 0 saturated carbocycles. The van der Waals surface area contributed by atoms with Gasteiger partial charge in [0.15, 0.2) is 0 Å². The van der Waals surface area contributed by atoms with Gasteiger partial charge in [-0.05, 0) is 26.0 Å². The molecule has 15 heavy (non-hydrogen) atoms. The van der Waals surface area contributed by atoms with Crippen molar-refractivity contribution >= 4 is 29.1 Å². The van der Waals surface area contributed by atoms with Crippen LogP contribution in [0.15, 0.2) is 12.1 Å². The number of nitrogens with two attached hydrogens (primary N) is 1. The maximum absolute atomic E-state index is 10.6. The van der Waals surface area contributed by atoms with E-state index in [2.05, 4.69) is 0 Å². The Balaban J connectivity index is 2.41. The third-order valence-corrected chi connectivity index (χ3v) is 4.31. The standard InChI is InChI=1S/C10H15NO2S2/c1-10(2,11)6-14-5-7-3-4-8(15-7)9(12)13/h3-4H,5-6,11H2,1-2H3,(H,12,13). The zero-order valence-corrected chi connectivity index (χ0v) is 10.5. The van der Waals surface area contributed by atoms with Crippen LogP contribution in [0.25, 0.3) is 0 Å². The summed E-state index contributed by atoms with van der Waals surface area (Å²) in [5, 5.41) is 8.74. The van der Waals surface area contributed by atoms with Gasteiger partial charge in [0, 0.05) is 21.9 Å². The van der Waals surface area contributed by atoms with Gasteiger partial charge < -0.3 is 10.8 Å². The van der Waals surface area contributed by atoms with Crippen LogP contribution in [0.2, 0.25) is 0 Å². The molecule has 0 atom stereocenters. The van der Waals surface area contributed by atoms with E-state index in [0.717, 1.165) is 16.4 Å². The van der Waals surface area contributed by atoms with Gasteiger partial charge >= 0.3 is 5.97 Å². The van der Waals surface area contributed by atoms with Crippen LogP contribution in [0.5, 0.6) is 0 Å². The largest absolute Gasteiger partial charge is 0.477 e. The van der Waals surface area contributed by atoms with Gasteiger partial charge in [0.05, 0.1) is 0 Å². The van der Waals surface area contributed by atoms with Crippen LogP contribution in [0.1, 0.15) is 28.4 Å². The molecule has 0 unspecified atom stereocenters. The van der Waals surface area contributed by atoms with E-state index in [0.29, 0.717) is 4.88 Å². The van der Waals surface area contributed by atoms with Crippen LogP contribution in [0.3, 0.4) is 0 Å². The van der Waals surface area contributed by atoms with E-state index in [1.165, 1.54) is 11.3 Å². The Kier molecular flexibility index (Phi) is 4.19. The molecule has 0 bridgehead atoms. The lowest BCUT2D eigenvalue weighted by Crippen LogP contribution is -2.34. The molecule has 1 rings (SSSR count). The normalized spacial score (nSPS) is 11.7. The van der Waals surface area contributed by atoms with Crippen molar-refractivity contribution in [1.82, 2.24) is 0 Å². The fourth-order valence-corrected chi connectivity index (χ4v) is 3.04. The van der Waals surface area contributed by atoms with Crippen molar-refractivity contribution in [2.24, 2.45) is 5.73 Å². The Morgan fingerprint density at radius 1 is 1.60 bits per heavy atom. The molecule has 3 N–H and O–H groups in total. The highest BCUT2D eigenvalue weighted by atomic mass is 32.2. The Hall–Kier alpha value is -0.520. The molecule has 0 aliphatic rings. The number of thiophene rings is 1. The summed E-state index contributed by atoms with van der Waals surface area (Å²) in [5.41, 5.74) is 5.67. The quantitative estimate of drug-likeness (QED) is 0.836. The number of aromatic carboxylic acids is 1. The molecule has 1 aromatic rings. The van der Waals surface area contributed by atoms with Crippen LogP contribution >= 0.6 is 23.1 Å². The summed E-state index contributed by atoms with van der Waals surface area (Å²) in [6.07, 6.45) is 0. The summed E-state index contributed by atoms with van der Waals surface area (Å²) in [6, 6.07) is 3.51. The topological polar surface area (TPSA) is 63.3 Å². The first-order chi connectivity index (χ1) is 6.88. The second-order valence-corrected chi connectivity index (χ2v) is 6.21. The maximum atomic E-state index is 10.6. The Morgan fingerprint density at radius 3 is 2.73 bits per heavy atom. The van der Waals surface area contributed by atoms with E-state index in [4.69, 9.17) is 10.8 Å². The number of hydrogen-bond acceptors (Lipinski definition) is 4. The third kappa shape index (κ3) is 4.68. The highest BCUT2D eigenvalue weighted by Gasteiger charge is 2.11. The van der Waals surface area contributed by atoms with Crippen molar-refractivity contribution < 1.29 is 9.90 Å². The number of hydrogen-bond donors (Lipinski definition) is 2. The molecule has 0 radical (unpaired) electrons. The summed E-state index contributed by atoms with van der Waals surface area (Å²) < 4.78 is 0. The SMILES string of the molecule is CC(C)(N)CSCc1ccc(C(=O)O)s1. The van der Waals surface area contributed by atoms with E-state index < -0.39 is 5.97 Å². The number of rotatable bonds is 5. The molecular weight excluding hydrogens is 230 g/mol. The van der Waals surface area contributed by atoms with Crippen LogP contribution < -0.4 is 5.73 Å². The number of thioether (sulfide) groups is 1. The van der Waals surface area contributed by atoms with Crippen molar-refractivity contribution in [2.45, 2.75) is 25.1 Å². The van der Waals surface area contributed by atoms with E-state index in [9.17, 15) is 4.79 Å². The van der Waals surface area contributed by atoms with E-state index in [1.54, 1.807) is 17.8 Å². The van der Waals surface area contributed by atoms with Crippen molar-refractivity contribution in [2.75, 3.05) is 5.75 Å². The molecule has 0 aliphatic heterocycles. The number of carboxylic acids is 1. The predicted molar refractivity (Wildman–Crippen MR) is 65.7 cm³/mol. The molecule has 0 spiro atoms. The monoisotopic (exact) mass is 245 g/mol. The molecular formula is C10H15NO2S2. The van der Waals surface area contributed by atoms with Crippen molar-refractivity contribution in [3.63, 3.8) is 0 Å². The maximum Gasteiger partial charge on any atom is 0.345 e.